The molecule has 0 aliphatic carbocycles. The van der Waals surface area contributed by atoms with Crippen molar-refractivity contribution in [2.75, 3.05) is 24.9 Å². The number of ether oxygens (including phenoxy) is 3. The highest BCUT2D eigenvalue weighted by molar-refractivity contribution is 5.99. The molecule has 0 radical (unpaired) electrons. The van der Waals surface area contributed by atoms with E-state index in [1.165, 1.54) is 17.1 Å². The lowest BCUT2D eigenvalue weighted by molar-refractivity contribution is 0.262. The molecule has 0 aliphatic heterocycles. The second kappa shape index (κ2) is 11.1. The number of hydrogen-bond donors (Lipinski definition) is 2. The van der Waals surface area contributed by atoms with Gasteiger partial charge in [0.25, 0.3) is 0 Å². The number of anilines is 2. The highest BCUT2D eigenvalue weighted by Crippen LogP contribution is 2.36. The number of carbonyl (C=O) groups excluding carboxylic acids is 1. The molecule has 0 aliphatic rings. The van der Waals surface area contributed by atoms with E-state index in [1.807, 2.05) is 20.8 Å². The predicted molar refractivity (Wildman–Crippen MR) is 154 cm³/mol. The van der Waals surface area contributed by atoms with Crippen LogP contribution in [-0.4, -0.2) is 40.0 Å². The Labute approximate surface area is 236 Å². The van der Waals surface area contributed by atoms with Crippen LogP contribution in [0.3, 0.4) is 0 Å². The van der Waals surface area contributed by atoms with E-state index >= 15 is 0 Å². The zero-order valence-electron chi connectivity index (χ0n) is 23.2. The number of para-hydroxylation sites is 1. The van der Waals surface area contributed by atoms with Gasteiger partial charge >= 0.3 is 6.03 Å². The average Bonchev–Trinajstić information content (AvgIpc) is 3.37. The van der Waals surface area contributed by atoms with Crippen LogP contribution in [0.5, 0.6) is 23.1 Å². The van der Waals surface area contributed by atoms with E-state index in [2.05, 4.69) is 25.7 Å². The first-order chi connectivity index (χ1) is 19.7. The van der Waals surface area contributed by atoms with Gasteiger partial charge in [0.05, 0.1) is 30.8 Å². The minimum absolute atomic E-state index is 0.222. The summed E-state index contributed by atoms with van der Waals surface area (Å²) in [5.41, 5.74) is 1.67. The summed E-state index contributed by atoms with van der Waals surface area (Å²) < 4.78 is 32.8. The summed E-state index contributed by atoms with van der Waals surface area (Å²) in [5, 5.41) is 10.8. The molecule has 0 saturated heterocycles. The van der Waals surface area contributed by atoms with Gasteiger partial charge in [-0.25, -0.2) is 23.8 Å². The van der Waals surface area contributed by atoms with Gasteiger partial charge in [-0.15, -0.1) is 0 Å². The van der Waals surface area contributed by atoms with E-state index in [0.717, 1.165) is 0 Å². The van der Waals surface area contributed by atoms with E-state index in [0.29, 0.717) is 51.2 Å². The maximum absolute atomic E-state index is 14.6. The molecule has 0 unspecified atom stereocenters. The Morgan fingerprint density at radius 1 is 0.902 bits per heavy atom. The lowest BCUT2D eigenvalue weighted by Gasteiger charge is -2.14. The lowest BCUT2D eigenvalue weighted by Crippen LogP contribution is -2.21. The van der Waals surface area contributed by atoms with Crippen LogP contribution in [0, 0.1) is 5.82 Å². The first kappa shape index (κ1) is 27.4. The fourth-order valence-electron chi connectivity index (χ4n) is 4.11. The van der Waals surface area contributed by atoms with Gasteiger partial charge in [0.2, 0.25) is 5.88 Å². The van der Waals surface area contributed by atoms with Gasteiger partial charge in [0.1, 0.15) is 29.4 Å². The van der Waals surface area contributed by atoms with Crippen molar-refractivity contribution in [3.05, 3.63) is 84.6 Å². The highest BCUT2D eigenvalue weighted by atomic mass is 19.1. The van der Waals surface area contributed by atoms with Crippen molar-refractivity contribution < 1.29 is 23.4 Å². The number of carbonyl (C=O) groups is 1. The zero-order chi connectivity index (χ0) is 29.1. The Hall–Kier alpha value is -5.19. The minimum Gasteiger partial charge on any atom is -0.493 e. The third-order valence-electron chi connectivity index (χ3n) is 6.21. The molecule has 2 N–H and O–H groups in total. The Morgan fingerprint density at radius 2 is 1.66 bits per heavy atom. The normalized spacial score (nSPS) is 11.3. The van der Waals surface area contributed by atoms with Gasteiger partial charge in [-0.1, -0.05) is 39.0 Å². The summed E-state index contributed by atoms with van der Waals surface area (Å²) in [4.78, 5) is 21.6. The van der Waals surface area contributed by atoms with E-state index < -0.39 is 11.8 Å². The Balaban J connectivity index is 1.38. The fourth-order valence-corrected chi connectivity index (χ4v) is 4.11. The summed E-state index contributed by atoms with van der Waals surface area (Å²) in [6.07, 6.45) is 1.39. The van der Waals surface area contributed by atoms with E-state index in [4.69, 9.17) is 14.2 Å². The molecule has 0 spiro atoms. The number of fused-ring (bicyclic) bond motifs is 1. The molecule has 3 aromatic carbocycles. The van der Waals surface area contributed by atoms with Gasteiger partial charge in [-0.2, -0.15) is 5.10 Å². The van der Waals surface area contributed by atoms with Crippen LogP contribution in [0.15, 0.2) is 73.1 Å². The Bertz CT molecular complexity index is 1730. The van der Waals surface area contributed by atoms with Gasteiger partial charge in [0.15, 0.2) is 11.5 Å². The number of halogens is 1. The second-order valence-electron chi connectivity index (χ2n) is 10.1. The quantitative estimate of drug-likeness (QED) is 0.229. The molecule has 0 bridgehead atoms. The van der Waals surface area contributed by atoms with Crippen LogP contribution in [0.25, 0.3) is 16.6 Å². The molecule has 0 atom stereocenters. The maximum Gasteiger partial charge on any atom is 0.324 e. The summed E-state index contributed by atoms with van der Waals surface area (Å²) in [5.74, 6) is 1.65. The molecular weight excluding hydrogens is 527 g/mol. The van der Waals surface area contributed by atoms with Crippen molar-refractivity contribution in [3.63, 3.8) is 0 Å². The summed E-state index contributed by atoms with van der Waals surface area (Å²) >= 11 is 0. The van der Waals surface area contributed by atoms with Crippen LogP contribution >= 0.6 is 0 Å². The number of nitrogens with zero attached hydrogens (tertiary/aromatic N) is 4. The molecule has 5 rings (SSSR count). The molecule has 5 aromatic rings. The minimum atomic E-state index is -0.538. The van der Waals surface area contributed by atoms with Crippen LogP contribution in [0.2, 0.25) is 0 Å². The van der Waals surface area contributed by atoms with E-state index in [9.17, 15) is 9.18 Å². The van der Waals surface area contributed by atoms with Crippen LogP contribution in [0.1, 0.15) is 26.5 Å². The zero-order valence-corrected chi connectivity index (χ0v) is 23.2. The third-order valence-corrected chi connectivity index (χ3v) is 6.21. The number of methoxy groups -OCH3 is 2. The standard InChI is InChI=1S/C30H29FN6O4/c1-30(2,3)26-16-27(37(36-26)23-12-7-6-11-21(23)31)35-29(38)34-18-9-8-10-19(13-18)41-28-20-14-24(39-4)25(40-5)15-22(20)32-17-33-28/h6-17H,1-5H3,(H2,34,35,38). The van der Waals surface area contributed by atoms with Gasteiger partial charge in [-0.3, -0.25) is 5.32 Å². The topological polar surface area (TPSA) is 112 Å². The maximum atomic E-state index is 14.6. The number of aromatic nitrogens is 4. The van der Waals surface area contributed by atoms with Crippen molar-refractivity contribution >= 4 is 28.4 Å². The number of urea groups is 1. The third kappa shape index (κ3) is 5.88. The molecule has 0 fully saturated rings. The first-order valence-corrected chi connectivity index (χ1v) is 12.7. The Morgan fingerprint density at radius 3 is 2.39 bits per heavy atom. The van der Waals surface area contributed by atoms with Crippen molar-refractivity contribution in [1.29, 1.82) is 0 Å². The fraction of sp³-hybridized carbons (Fsp3) is 0.200. The summed E-state index contributed by atoms with van der Waals surface area (Å²) in [6.45, 7) is 5.97. The van der Waals surface area contributed by atoms with Gasteiger partial charge in [-0.05, 0) is 30.3 Å². The van der Waals surface area contributed by atoms with E-state index in [-0.39, 0.29) is 11.1 Å². The smallest absolute Gasteiger partial charge is 0.324 e. The largest absolute Gasteiger partial charge is 0.493 e. The molecule has 11 heteroatoms. The van der Waals surface area contributed by atoms with E-state index in [1.54, 1.807) is 74.9 Å². The predicted octanol–water partition coefficient (Wildman–Crippen LogP) is 6.71. The molecular formula is C30H29FN6O4. The number of amides is 2. The van der Waals surface area contributed by atoms with Crippen molar-refractivity contribution in [2.24, 2.45) is 0 Å². The van der Waals surface area contributed by atoms with Crippen molar-refractivity contribution in [2.45, 2.75) is 26.2 Å². The molecule has 41 heavy (non-hydrogen) atoms. The number of nitrogens with one attached hydrogen (secondary N) is 2. The highest BCUT2D eigenvalue weighted by Gasteiger charge is 2.22. The molecule has 2 aromatic heterocycles. The number of rotatable bonds is 7. The lowest BCUT2D eigenvalue weighted by atomic mass is 9.92. The van der Waals surface area contributed by atoms with Crippen molar-refractivity contribution in [1.82, 2.24) is 19.7 Å². The SMILES string of the molecule is COc1cc2ncnc(Oc3cccc(NC(=O)Nc4cc(C(C)(C)C)nn4-c4ccccc4F)c3)c2cc1OC. The monoisotopic (exact) mass is 556 g/mol. The van der Waals surface area contributed by atoms with Crippen LogP contribution in [-0.2, 0) is 5.41 Å². The van der Waals surface area contributed by atoms with Crippen LogP contribution in [0.4, 0.5) is 20.7 Å². The number of hydrogen-bond acceptors (Lipinski definition) is 7. The molecule has 10 nitrogen and oxygen atoms in total. The number of benzene rings is 3. The molecule has 2 amide bonds. The first-order valence-electron chi connectivity index (χ1n) is 12.7. The van der Waals surface area contributed by atoms with Gasteiger partial charge < -0.3 is 19.5 Å². The van der Waals surface area contributed by atoms with Gasteiger partial charge in [0, 0.05) is 29.3 Å². The Kier molecular flexibility index (Phi) is 7.43. The molecule has 2 heterocycles. The summed E-state index contributed by atoms with van der Waals surface area (Å²) in [7, 11) is 3.09. The van der Waals surface area contributed by atoms with Crippen molar-refractivity contribution in [3.8, 4) is 28.8 Å². The molecule has 210 valence electrons. The second-order valence-corrected chi connectivity index (χ2v) is 10.1. The summed E-state index contributed by atoms with van der Waals surface area (Å²) in [6, 6.07) is 17.8. The molecule has 0 saturated carbocycles. The average molecular weight is 557 g/mol. The van der Waals surface area contributed by atoms with Crippen LogP contribution < -0.4 is 24.8 Å².